The summed E-state index contributed by atoms with van der Waals surface area (Å²) in [6.45, 7) is 2.24. The van der Waals surface area contributed by atoms with Gasteiger partial charge in [0.1, 0.15) is 11.6 Å². The molecule has 6 heteroatoms. The molecule has 0 aliphatic carbocycles. The third-order valence-corrected chi connectivity index (χ3v) is 4.00. The van der Waals surface area contributed by atoms with E-state index in [4.69, 9.17) is 11.0 Å². The molecule has 5 nitrogen and oxygen atoms in total. The van der Waals surface area contributed by atoms with Gasteiger partial charge >= 0.3 is 0 Å². The molecule has 112 valence electrons. The summed E-state index contributed by atoms with van der Waals surface area (Å²) < 4.78 is 1.97. The van der Waals surface area contributed by atoms with Crippen LogP contribution in [0.1, 0.15) is 12.5 Å². The van der Waals surface area contributed by atoms with E-state index in [1.807, 2.05) is 47.2 Å². The first-order valence-corrected chi connectivity index (χ1v) is 7.68. The van der Waals surface area contributed by atoms with Crippen LogP contribution in [0.15, 0.2) is 59.2 Å². The van der Waals surface area contributed by atoms with Crippen LogP contribution in [0.4, 0.5) is 0 Å². The van der Waals surface area contributed by atoms with E-state index in [2.05, 4.69) is 4.98 Å². The van der Waals surface area contributed by atoms with E-state index in [1.54, 1.807) is 13.1 Å². The van der Waals surface area contributed by atoms with Crippen molar-refractivity contribution in [2.24, 2.45) is 5.73 Å². The average molecular weight is 312 g/mol. The maximum atomic E-state index is 12.0. The summed E-state index contributed by atoms with van der Waals surface area (Å²) in [6, 6.07) is 11.9. The Labute approximate surface area is 133 Å². The second kappa shape index (κ2) is 7.48. The quantitative estimate of drug-likeness (QED) is 0.503. The largest absolute Gasteiger partial charge is 0.401 e. The zero-order chi connectivity index (χ0) is 15.9. The first-order valence-electron chi connectivity index (χ1n) is 6.69. The highest BCUT2D eigenvalue weighted by Crippen LogP contribution is 2.18. The van der Waals surface area contributed by atoms with E-state index in [9.17, 15) is 4.79 Å². The van der Waals surface area contributed by atoms with Crippen molar-refractivity contribution >= 4 is 17.5 Å². The number of aromatic nitrogens is 2. The molecule has 0 atom stereocenters. The van der Waals surface area contributed by atoms with E-state index in [0.717, 1.165) is 10.7 Å². The number of nitriles is 1. The molecular weight excluding hydrogens is 296 g/mol. The Morgan fingerprint density at radius 3 is 2.77 bits per heavy atom. The summed E-state index contributed by atoms with van der Waals surface area (Å²) in [4.78, 5) is 16.2. The minimum Gasteiger partial charge on any atom is -0.401 e. The lowest BCUT2D eigenvalue weighted by molar-refractivity contribution is -0.112. The molecule has 0 spiro atoms. The van der Waals surface area contributed by atoms with Crippen molar-refractivity contribution in [3.05, 3.63) is 59.6 Å². The van der Waals surface area contributed by atoms with Gasteiger partial charge in [-0.25, -0.2) is 4.98 Å². The number of allylic oxidation sites excluding steroid dienone is 2. The molecule has 0 unspecified atom stereocenters. The number of rotatable bonds is 6. The molecular formula is C16H16N4OS. The zero-order valence-corrected chi connectivity index (χ0v) is 13.0. The number of hydrogen-bond donors (Lipinski definition) is 1. The van der Waals surface area contributed by atoms with Crippen LogP contribution in [0.5, 0.6) is 0 Å². The molecule has 0 bridgehead atoms. The number of carbonyl (C=O) groups is 1. The first-order chi connectivity index (χ1) is 10.6. The second-order valence-electron chi connectivity index (χ2n) is 4.70. The number of hydrogen-bond acceptors (Lipinski definition) is 5. The Morgan fingerprint density at radius 1 is 1.41 bits per heavy atom. The molecule has 22 heavy (non-hydrogen) atoms. The van der Waals surface area contributed by atoms with E-state index in [0.29, 0.717) is 6.54 Å². The minimum absolute atomic E-state index is 0.0219. The molecule has 0 radical (unpaired) electrons. The van der Waals surface area contributed by atoms with Crippen molar-refractivity contribution in [3.63, 3.8) is 0 Å². The fourth-order valence-corrected chi connectivity index (χ4v) is 2.74. The van der Waals surface area contributed by atoms with Gasteiger partial charge in [-0.3, -0.25) is 4.79 Å². The lowest BCUT2D eigenvalue weighted by Gasteiger charge is -2.07. The SMILES string of the molecule is C/C(N)=C(/C#N)C(=O)CSc1nccn1Cc1ccccc1. The highest BCUT2D eigenvalue weighted by molar-refractivity contribution is 7.99. The van der Waals surface area contributed by atoms with Gasteiger partial charge in [-0.2, -0.15) is 5.26 Å². The number of benzene rings is 1. The second-order valence-corrected chi connectivity index (χ2v) is 5.65. The van der Waals surface area contributed by atoms with Gasteiger partial charge in [0.05, 0.1) is 5.75 Å². The van der Waals surface area contributed by atoms with E-state index < -0.39 is 0 Å². The van der Waals surface area contributed by atoms with Gasteiger partial charge in [0.25, 0.3) is 0 Å². The van der Waals surface area contributed by atoms with Gasteiger partial charge in [0, 0.05) is 24.6 Å². The molecule has 1 heterocycles. The molecule has 0 aliphatic rings. The monoisotopic (exact) mass is 312 g/mol. The van der Waals surface area contributed by atoms with Crippen LogP contribution in [0.3, 0.4) is 0 Å². The van der Waals surface area contributed by atoms with Crippen LogP contribution in [0.25, 0.3) is 0 Å². The van der Waals surface area contributed by atoms with Gasteiger partial charge in [-0.1, -0.05) is 42.1 Å². The standard InChI is InChI=1S/C16H16N4OS/c1-12(18)14(9-17)15(21)11-22-16-19-7-8-20(16)10-13-5-3-2-4-6-13/h2-8H,10-11,18H2,1H3/b14-12+. The van der Waals surface area contributed by atoms with Gasteiger partial charge in [0.2, 0.25) is 0 Å². The van der Waals surface area contributed by atoms with Crippen LogP contribution in [0, 0.1) is 11.3 Å². The molecule has 1 aromatic heterocycles. The molecule has 0 aliphatic heterocycles. The molecule has 2 rings (SSSR count). The highest BCUT2D eigenvalue weighted by Gasteiger charge is 2.13. The number of carbonyl (C=O) groups excluding carboxylic acids is 1. The van der Waals surface area contributed by atoms with Crippen molar-refractivity contribution in [1.82, 2.24) is 9.55 Å². The summed E-state index contributed by atoms with van der Waals surface area (Å²) in [5.41, 5.74) is 6.96. The molecule has 0 saturated heterocycles. The number of imidazole rings is 1. The Hall–Kier alpha value is -2.52. The van der Waals surface area contributed by atoms with Crippen molar-refractivity contribution in [3.8, 4) is 6.07 Å². The van der Waals surface area contributed by atoms with Gasteiger partial charge in [0.15, 0.2) is 10.9 Å². The summed E-state index contributed by atoms with van der Waals surface area (Å²) in [5, 5.41) is 9.67. The fourth-order valence-electron chi connectivity index (χ4n) is 1.91. The van der Waals surface area contributed by atoms with Crippen LogP contribution in [-0.4, -0.2) is 21.1 Å². The Kier molecular flexibility index (Phi) is 5.39. The lowest BCUT2D eigenvalue weighted by Crippen LogP contribution is -2.11. The van der Waals surface area contributed by atoms with Crippen molar-refractivity contribution in [1.29, 1.82) is 5.26 Å². The average Bonchev–Trinajstić information content (AvgIpc) is 2.93. The molecule has 0 amide bonds. The Morgan fingerprint density at radius 2 is 2.14 bits per heavy atom. The summed E-state index contributed by atoms with van der Waals surface area (Å²) in [7, 11) is 0. The van der Waals surface area contributed by atoms with Crippen LogP contribution in [0.2, 0.25) is 0 Å². The number of thioether (sulfide) groups is 1. The minimum atomic E-state index is -0.276. The Balaban J connectivity index is 2.04. The topological polar surface area (TPSA) is 84.7 Å². The van der Waals surface area contributed by atoms with E-state index >= 15 is 0 Å². The van der Waals surface area contributed by atoms with Gasteiger partial charge in [-0.05, 0) is 12.5 Å². The third kappa shape index (κ3) is 3.99. The predicted octanol–water partition coefficient (Wildman–Crippen LogP) is 2.35. The van der Waals surface area contributed by atoms with Crippen LogP contribution >= 0.6 is 11.8 Å². The molecule has 0 fully saturated rings. The highest BCUT2D eigenvalue weighted by atomic mass is 32.2. The smallest absolute Gasteiger partial charge is 0.185 e. The van der Waals surface area contributed by atoms with Crippen molar-refractivity contribution in [2.75, 3.05) is 5.75 Å². The lowest BCUT2D eigenvalue weighted by atomic mass is 10.2. The van der Waals surface area contributed by atoms with Gasteiger partial charge in [-0.15, -0.1) is 0 Å². The first kappa shape index (κ1) is 15.9. The maximum absolute atomic E-state index is 12.0. The van der Waals surface area contributed by atoms with E-state index in [1.165, 1.54) is 11.8 Å². The summed E-state index contributed by atoms with van der Waals surface area (Å²) in [6.07, 6.45) is 3.57. The molecule has 1 aromatic carbocycles. The van der Waals surface area contributed by atoms with Gasteiger partial charge < -0.3 is 10.3 Å². The normalized spacial score (nSPS) is 11.6. The zero-order valence-electron chi connectivity index (χ0n) is 12.2. The van der Waals surface area contributed by atoms with Crippen LogP contribution in [-0.2, 0) is 11.3 Å². The number of Topliss-reactive ketones (excluding diaryl/α,β-unsaturated/α-hetero) is 1. The molecule has 2 aromatic rings. The summed E-state index contributed by atoms with van der Waals surface area (Å²) in [5.74, 6) is -0.134. The maximum Gasteiger partial charge on any atom is 0.185 e. The summed E-state index contributed by atoms with van der Waals surface area (Å²) >= 11 is 1.30. The number of ketones is 1. The molecule has 0 saturated carbocycles. The predicted molar refractivity (Wildman–Crippen MR) is 86.0 cm³/mol. The van der Waals surface area contributed by atoms with Crippen molar-refractivity contribution in [2.45, 2.75) is 18.6 Å². The van der Waals surface area contributed by atoms with E-state index in [-0.39, 0.29) is 22.8 Å². The third-order valence-electron chi connectivity index (χ3n) is 2.99. The fraction of sp³-hybridized carbons (Fsp3) is 0.188. The number of nitrogens with zero attached hydrogens (tertiary/aromatic N) is 3. The number of nitrogens with two attached hydrogens (primary N) is 1. The van der Waals surface area contributed by atoms with Crippen LogP contribution < -0.4 is 5.73 Å². The Bertz CT molecular complexity index is 724. The molecule has 2 N–H and O–H groups in total. The van der Waals surface area contributed by atoms with Crippen molar-refractivity contribution < 1.29 is 4.79 Å².